The van der Waals surface area contributed by atoms with E-state index in [1.807, 2.05) is 30.3 Å². The molecule has 0 aliphatic carbocycles. The van der Waals surface area contributed by atoms with Gasteiger partial charge in [-0.1, -0.05) is 30.3 Å². The van der Waals surface area contributed by atoms with Crippen LogP contribution in [0.25, 0.3) is 0 Å². The molecular formula is C20H23N3O4S. The first kappa shape index (κ1) is 20.0. The number of amides is 2. The van der Waals surface area contributed by atoms with Gasteiger partial charge >= 0.3 is 5.97 Å². The van der Waals surface area contributed by atoms with Crippen molar-refractivity contribution in [3.05, 3.63) is 47.0 Å². The van der Waals surface area contributed by atoms with Crippen molar-refractivity contribution < 1.29 is 19.1 Å². The third kappa shape index (κ3) is 5.16. The van der Waals surface area contributed by atoms with Gasteiger partial charge in [0.2, 0.25) is 11.8 Å². The Bertz CT molecular complexity index is 837. The second-order valence-corrected chi connectivity index (χ2v) is 7.45. The van der Waals surface area contributed by atoms with Gasteiger partial charge in [0.05, 0.1) is 18.9 Å². The fourth-order valence-electron chi connectivity index (χ4n) is 3.14. The number of ether oxygens (including phenoxy) is 1. The summed E-state index contributed by atoms with van der Waals surface area (Å²) in [4.78, 5) is 42.7. The molecule has 0 saturated carbocycles. The first-order valence-corrected chi connectivity index (χ1v) is 10.2. The Balaban J connectivity index is 1.55. The second kappa shape index (κ2) is 9.45. The SMILES string of the molecule is CCOC(=O)c1csc(NC(=O)[C@@H]2CCCN(C(=O)Cc3ccccc3)C2)n1. The monoisotopic (exact) mass is 401 g/mol. The molecule has 0 unspecified atom stereocenters. The Morgan fingerprint density at radius 2 is 2.07 bits per heavy atom. The molecule has 7 nitrogen and oxygen atoms in total. The molecule has 0 bridgehead atoms. The van der Waals surface area contributed by atoms with Crippen LogP contribution in [-0.4, -0.2) is 47.4 Å². The van der Waals surface area contributed by atoms with Gasteiger partial charge in [0.25, 0.3) is 0 Å². The fraction of sp³-hybridized carbons (Fsp3) is 0.400. The molecule has 3 rings (SSSR count). The number of carbonyl (C=O) groups excluding carboxylic acids is 3. The third-order valence-electron chi connectivity index (χ3n) is 4.56. The number of hydrogen-bond acceptors (Lipinski definition) is 6. The Morgan fingerprint density at radius 3 is 2.82 bits per heavy atom. The highest BCUT2D eigenvalue weighted by Crippen LogP contribution is 2.22. The lowest BCUT2D eigenvalue weighted by Crippen LogP contribution is -2.44. The van der Waals surface area contributed by atoms with Crippen LogP contribution in [-0.2, 0) is 20.7 Å². The van der Waals surface area contributed by atoms with Gasteiger partial charge in [-0.15, -0.1) is 11.3 Å². The van der Waals surface area contributed by atoms with Crippen LogP contribution in [0.4, 0.5) is 5.13 Å². The average molecular weight is 401 g/mol. The second-order valence-electron chi connectivity index (χ2n) is 6.59. The molecule has 8 heteroatoms. The summed E-state index contributed by atoms with van der Waals surface area (Å²) >= 11 is 1.18. The molecule has 1 atom stereocenters. The highest BCUT2D eigenvalue weighted by molar-refractivity contribution is 7.14. The molecule has 148 valence electrons. The van der Waals surface area contributed by atoms with Gasteiger partial charge in [-0.2, -0.15) is 0 Å². The number of benzene rings is 1. The van der Waals surface area contributed by atoms with Crippen molar-refractivity contribution in [2.75, 3.05) is 25.0 Å². The van der Waals surface area contributed by atoms with E-state index in [0.29, 0.717) is 24.6 Å². The molecule has 1 N–H and O–H groups in total. The number of nitrogens with one attached hydrogen (secondary N) is 1. The van der Waals surface area contributed by atoms with Crippen LogP contribution >= 0.6 is 11.3 Å². The van der Waals surface area contributed by atoms with E-state index in [1.165, 1.54) is 11.3 Å². The average Bonchev–Trinajstić information content (AvgIpc) is 3.17. The van der Waals surface area contributed by atoms with Crippen molar-refractivity contribution in [2.24, 2.45) is 5.92 Å². The topological polar surface area (TPSA) is 88.6 Å². The normalized spacial score (nSPS) is 16.5. The Labute approximate surface area is 167 Å². The largest absolute Gasteiger partial charge is 0.461 e. The zero-order chi connectivity index (χ0) is 19.9. The molecule has 2 aromatic rings. The number of hydrogen-bond donors (Lipinski definition) is 1. The Kier molecular flexibility index (Phi) is 6.76. The van der Waals surface area contributed by atoms with Crippen LogP contribution in [0.3, 0.4) is 0 Å². The summed E-state index contributed by atoms with van der Waals surface area (Å²) in [6, 6.07) is 9.59. The minimum absolute atomic E-state index is 0.0301. The van der Waals surface area contributed by atoms with Crippen molar-refractivity contribution in [1.29, 1.82) is 0 Å². The molecule has 1 fully saturated rings. The van der Waals surface area contributed by atoms with E-state index in [2.05, 4.69) is 10.3 Å². The summed E-state index contributed by atoms with van der Waals surface area (Å²) in [7, 11) is 0. The summed E-state index contributed by atoms with van der Waals surface area (Å²) in [6.45, 7) is 3.06. The van der Waals surface area contributed by atoms with Gasteiger partial charge in [0, 0.05) is 18.5 Å². The van der Waals surface area contributed by atoms with Crippen LogP contribution < -0.4 is 5.32 Å². The van der Waals surface area contributed by atoms with E-state index < -0.39 is 5.97 Å². The van der Waals surface area contributed by atoms with E-state index in [4.69, 9.17) is 4.74 Å². The van der Waals surface area contributed by atoms with E-state index in [9.17, 15) is 14.4 Å². The van der Waals surface area contributed by atoms with Crippen molar-refractivity contribution in [1.82, 2.24) is 9.88 Å². The first-order valence-electron chi connectivity index (χ1n) is 9.32. The van der Waals surface area contributed by atoms with Crippen LogP contribution in [0.2, 0.25) is 0 Å². The lowest BCUT2D eigenvalue weighted by molar-refractivity contribution is -0.133. The standard InChI is InChI=1S/C20H23N3O4S/c1-2-27-19(26)16-13-28-20(21-16)22-18(25)15-9-6-10-23(12-15)17(24)11-14-7-4-3-5-8-14/h3-5,7-8,13,15H,2,6,9-12H2,1H3,(H,21,22,25)/t15-/m1/s1. The number of likely N-dealkylation sites (tertiary alicyclic amines) is 1. The fourth-order valence-corrected chi connectivity index (χ4v) is 3.82. The van der Waals surface area contributed by atoms with Crippen LogP contribution in [0.5, 0.6) is 0 Å². The maximum Gasteiger partial charge on any atom is 0.357 e. The van der Waals surface area contributed by atoms with Gasteiger partial charge in [-0.05, 0) is 25.3 Å². The third-order valence-corrected chi connectivity index (χ3v) is 5.32. The smallest absolute Gasteiger partial charge is 0.357 e. The van der Waals surface area contributed by atoms with Gasteiger partial charge < -0.3 is 15.0 Å². The highest BCUT2D eigenvalue weighted by atomic mass is 32.1. The molecule has 0 radical (unpaired) electrons. The molecule has 1 aliphatic rings. The zero-order valence-electron chi connectivity index (χ0n) is 15.7. The number of piperidine rings is 1. The van der Waals surface area contributed by atoms with Gasteiger partial charge in [0.1, 0.15) is 0 Å². The van der Waals surface area contributed by atoms with Gasteiger partial charge in [-0.3, -0.25) is 9.59 Å². The number of anilines is 1. The Hall–Kier alpha value is -2.74. The summed E-state index contributed by atoms with van der Waals surface area (Å²) in [5.41, 5.74) is 1.15. The quantitative estimate of drug-likeness (QED) is 0.752. The summed E-state index contributed by atoms with van der Waals surface area (Å²) in [5, 5.41) is 4.68. The van der Waals surface area contributed by atoms with Crippen LogP contribution in [0.1, 0.15) is 35.8 Å². The number of nitrogens with zero attached hydrogens (tertiary/aromatic N) is 2. The highest BCUT2D eigenvalue weighted by Gasteiger charge is 2.29. The predicted molar refractivity (Wildman–Crippen MR) is 106 cm³/mol. The van der Waals surface area contributed by atoms with Crippen molar-refractivity contribution in [3.8, 4) is 0 Å². The summed E-state index contributed by atoms with van der Waals surface area (Å²) in [6.07, 6.45) is 1.84. The molecule has 1 saturated heterocycles. The summed E-state index contributed by atoms with van der Waals surface area (Å²) in [5.74, 6) is -0.942. The van der Waals surface area contributed by atoms with E-state index >= 15 is 0 Å². The van der Waals surface area contributed by atoms with Crippen molar-refractivity contribution in [3.63, 3.8) is 0 Å². The number of aromatic nitrogens is 1. The number of esters is 1. The van der Waals surface area contributed by atoms with Gasteiger partial charge in [0.15, 0.2) is 10.8 Å². The molecule has 28 heavy (non-hydrogen) atoms. The Morgan fingerprint density at radius 1 is 1.29 bits per heavy atom. The van der Waals surface area contributed by atoms with Crippen molar-refractivity contribution in [2.45, 2.75) is 26.2 Å². The predicted octanol–water partition coefficient (Wildman–Crippen LogP) is 2.74. The van der Waals surface area contributed by atoms with Crippen LogP contribution in [0, 0.1) is 5.92 Å². The molecule has 1 aliphatic heterocycles. The first-order chi connectivity index (χ1) is 13.6. The minimum atomic E-state index is -0.505. The van der Waals surface area contributed by atoms with E-state index in [-0.39, 0.29) is 30.0 Å². The number of rotatable bonds is 6. The molecule has 2 amide bonds. The maximum atomic E-state index is 12.6. The lowest BCUT2D eigenvalue weighted by atomic mass is 9.96. The van der Waals surface area contributed by atoms with Gasteiger partial charge in [-0.25, -0.2) is 9.78 Å². The molecule has 1 aromatic carbocycles. The van der Waals surface area contributed by atoms with Crippen LogP contribution in [0.15, 0.2) is 35.7 Å². The molecule has 1 aromatic heterocycles. The minimum Gasteiger partial charge on any atom is -0.461 e. The number of carbonyl (C=O) groups is 3. The summed E-state index contributed by atoms with van der Waals surface area (Å²) < 4.78 is 4.90. The zero-order valence-corrected chi connectivity index (χ0v) is 16.5. The molecule has 0 spiro atoms. The van der Waals surface area contributed by atoms with Crippen molar-refractivity contribution >= 4 is 34.3 Å². The number of thiazole rings is 1. The van der Waals surface area contributed by atoms with E-state index in [1.54, 1.807) is 17.2 Å². The lowest BCUT2D eigenvalue weighted by Gasteiger charge is -2.32. The molecular weight excluding hydrogens is 378 g/mol. The maximum absolute atomic E-state index is 12.6. The molecule has 2 heterocycles. The van der Waals surface area contributed by atoms with E-state index in [0.717, 1.165) is 18.4 Å².